The Labute approximate surface area is 273 Å². The molecule has 3 aromatic carbocycles. The van der Waals surface area contributed by atoms with Crippen LogP contribution in [-0.2, 0) is 19.4 Å². The summed E-state index contributed by atoms with van der Waals surface area (Å²) in [6.07, 6.45) is 2.02. The lowest BCUT2D eigenvalue weighted by Gasteiger charge is -2.31. The molecule has 2 aliphatic rings. The molecule has 0 radical (unpaired) electrons. The van der Waals surface area contributed by atoms with Crippen LogP contribution < -0.4 is 20.1 Å². The second-order valence-corrected chi connectivity index (χ2v) is 14.2. The first-order valence-electron chi connectivity index (χ1n) is 14.9. The summed E-state index contributed by atoms with van der Waals surface area (Å²) in [5, 5.41) is 14.7. The van der Waals surface area contributed by atoms with E-state index in [0.717, 1.165) is 30.7 Å². The van der Waals surface area contributed by atoms with Crippen molar-refractivity contribution in [2.24, 2.45) is 17.8 Å². The molecule has 2 bridgehead atoms. The number of benzene rings is 3. The first-order chi connectivity index (χ1) is 22.4. The Bertz CT molecular complexity index is 1860. The minimum atomic E-state index is -5.64. The zero-order valence-corrected chi connectivity index (χ0v) is 26.7. The van der Waals surface area contributed by atoms with Gasteiger partial charge in [0.15, 0.2) is 5.60 Å². The Morgan fingerprint density at radius 1 is 0.958 bits per heavy atom. The maximum absolute atomic E-state index is 15.2. The van der Waals surface area contributed by atoms with Crippen LogP contribution in [0.3, 0.4) is 0 Å². The fourth-order valence-electron chi connectivity index (χ4n) is 6.37. The van der Waals surface area contributed by atoms with Gasteiger partial charge in [-0.25, -0.2) is 17.6 Å². The summed E-state index contributed by atoms with van der Waals surface area (Å²) >= 11 is 0. The molecule has 10 nitrogen and oxygen atoms in total. The maximum atomic E-state index is 15.2. The minimum absolute atomic E-state index is 0.0202. The van der Waals surface area contributed by atoms with Gasteiger partial charge in [0.05, 0.1) is 23.5 Å². The number of amides is 2. The molecule has 0 aromatic heterocycles. The molecule has 5 rings (SSSR count). The number of nitrogens with one attached hydrogen (secondary N) is 2. The summed E-state index contributed by atoms with van der Waals surface area (Å²) in [6, 6.07) is 11.5. The van der Waals surface area contributed by atoms with Crippen LogP contribution in [0.2, 0.25) is 0 Å². The van der Waals surface area contributed by atoms with Gasteiger partial charge in [0, 0.05) is 23.4 Å². The van der Waals surface area contributed by atoms with Crippen molar-refractivity contribution in [1.82, 2.24) is 5.32 Å². The molecule has 3 N–H and O–H groups in total. The summed E-state index contributed by atoms with van der Waals surface area (Å²) in [7, 11) is -4.37. The molecule has 2 amide bonds. The van der Waals surface area contributed by atoms with Crippen LogP contribution in [-0.4, -0.2) is 55.6 Å². The van der Waals surface area contributed by atoms with Gasteiger partial charge in [-0.15, -0.1) is 0 Å². The van der Waals surface area contributed by atoms with Crippen molar-refractivity contribution >= 4 is 33.3 Å². The van der Waals surface area contributed by atoms with Gasteiger partial charge < -0.3 is 25.2 Å². The van der Waals surface area contributed by atoms with E-state index in [1.165, 1.54) is 57.4 Å². The normalized spacial score (nSPS) is 20.6. The highest BCUT2D eigenvalue weighted by molar-refractivity contribution is 7.92. The number of ether oxygens (including phenoxy) is 2. The van der Waals surface area contributed by atoms with Crippen LogP contribution in [0, 0.1) is 23.6 Å². The van der Waals surface area contributed by atoms with E-state index < -0.39 is 61.4 Å². The number of carbonyl (C=O) groups is 3. The first kappa shape index (κ1) is 34.7. The highest BCUT2D eigenvalue weighted by atomic mass is 32.2. The SMILES string of the molecule is COc1cc(F)c(-c2ccc(OC(C)(C)C(=O)O)cc2)cc1C(=O)NC1C2CCC(C2)C1C(=O)Nc1cccc(S(=O)(=O)C(F)(F)F)c1. The number of halogens is 4. The summed E-state index contributed by atoms with van der Waals surface area (Å²) in [6.45, 7) is 2.76. The monoisotopic (exact) mass is 692 g/mol. The fraction of sp³-hybridized carbons (Fsp3) is 0.364. The Morgan fingerprint density at radius 2 is 1.62 bits per heavy atom. The molecule has 2 fully saturated rings. The third-order valence-corrected chi connectivity index (χ3v) is 10.3. The maximum Gasteiger partial charge on any atom is 0.501 e. The molecule has 2 saturated carbocycles. The molecule has 15 heteroatoms. The van der Waals surface area contributed by atoms with E-state index in [2.05, 4.69) is 10.6 Å². The summed E-state index contributed by atoms with van der Waals surface area (Å²) in [5.41, 5.74) is -6.80. The summed E-state index contributed by atoms with van der Waals surface area (Å²) in [5.74, 6) is -3.95. The van der Waals surface area contributed by atoms with Crippen molar-refractivity contribution in [1.29, 1.82) is 0 Å². The van der Waals surface area contributed by atoms with Crippen LogP contribution in [0.4, 0.5) is 23.2 Å². The number of carboxylic acids is 1. The van der Waals surface area contributed by atoms with Crippen LogP contribution in [0.25, 0.3) is 11.1 Å². The number of aliphatic carboxylic acids is 1. The molecule has 0 heterocycles. The molecule has 256 valence electrons. The van der Waals surface area contributed by atoms with E-state index in [-0.39, 0.29) is 40.1 Å². The number of fused-ring (bicyclic) bond motifs is 2. The second kappa shape index (κ2) is 12.7. The van der Waals surface area contributed by atoms with Crippen molar-refractivity contribution in [3.63, 3.8) is 0 Å². The number of methoxy groups -OCH3 is 1. The van der Waals surface area contributed by atoms with E-state index in [1.54, 1.807) is 0 Å². The predicted octanol–water partition coefficient (Wildman–Crippen LogP) is 5.82. The van der Waals surface area contributed by atoms with Crippen molar-refractivity contribution < 1.29 is 54.9 Å². The van der Waals surface area contributed by atoms with Gasteiger partial charge in [-0.05, 0) is 86.9 Å². The van der Waals surface area contributed by atoms with Gasteiger partial charge in [0.25, 0.3) is 15.7 Å². The molecule has 4 atom stereocenters. The molecule has 0 spiro atoms. The van der Waals surface area contributed by atoms with Crippen molar-refractivity contribution in [3.8, 4) is 22.6 Å². The highest BCUT2D eigenvalue weighted by Crippen LogP contribution is 2.49. The molecular weight excluding hydrogens is 660 g/mol. The molecule has 48 heavy (non-hydrogen) atoms. The lowest BCUT2D eigenvalue weighted by molar-refractivity contribution is -0.152. The van der Waals surface area contributed by atoms with Gasteiger partial charge in [0.1, 0.15) is 17.3 Å². The summed E-state index contributed by atoms with van der Waals surface area (Å²) < 4.78 is 89.1. The number of hydrogen-bond donors (Lipinski definition) is 3. The number of anilines is 1. The third-order valence-electron chi connectivity index (χ3n) is 8.82. The van der Waals surface area contributed by atoms with Gasteiger partial charge in [-0.1, -0.05) is 18.2 Å². The Kier molecular flexibility index (Phi) is 9.21. The minimum Gasteiger partial charge on any atom is -0.496 e. The average Bonchev–Trinajstić information content (AvgIpc) is 3.63. The van der Waals surface area contributed by atoms with Crippen LogP contribution >= 0.6 is 0 Å². The van der Waals surface area contributed by atoms with E-state index in [9.17, 15) is 41.1 Å². The number of alkyl halides is 3. The van der Waals surface area contributed by atoms with Crippen LogP contribution in [0.5, 0.6) is 11.5 Å². The smallest absolute Gasteiger partial charge is 0.496 e. The molecule has 0 aliphatic heterocycles. The lowest BCUT2D eigenvalue weighted by Crippen LogP contribution is -2.48. The van der Waals surface area contributed by atoms with Crippen molar-refractivity contribution in [2.45, 2.75) is 55.2 Å². The van der Waals surface area contributed by atoms with E-state index in [0.29, 0.717) is 18.4 Å². The van der Waals surface area contributed by atoms with Gasteiger partial charge in [-0.3, -0.25) is 9.59 Å². The molecular formula is C33H32F4N2O8S. The first-order valence-corrected chi connectivity index (χ1v) is 16.3. The largest absolute Gasteiger partial charge is 0.501 e. The molecule has 2 aliphatic carbocycles. The molecule has 0 saturated heterocycles. The number of rotatable bonds is 10. The van der Waals surface area contributed by atoms with Crippen LogP contribution in [0.15, 0.2) is 65.6 Å². The topological polar surface area (TPSA) is 148 Å². The highest BCUT2D eigenvalue weighted by Gasteiger charge is 2.52. The number of carboxylic acid groups (broad SMARTS) is 1. The number of sulfone groups is 1. The molecule has 4 unspecified atom stereocenters. The Hall–Kier alpha value is -4.66. The van der Waals surface area contributed by atoms with Gasteiger partial charge >= 0.3 is 11.5 Å². The Morgan fingerprint density at radius 3 is 2.25 bits per heavy atom. The van der Waals surface area contributed by atoms with Gasteiger partial charge in [-0.2, -0.15) is 13.2 Å². The van der Waals surface area contributed by atoms with Crippen molar-refractivity contribution in [2.75, 3.05) is 12.4 Å². The zero-order valence-electron chi connectivity index (χ0n) is 25.9. The predicted molar refractivity (Wildman–Crippen MR) is 165 cm³/mol. The average molecular weight is 693 g/mol. The third kappa shape index (κ3) is 6.68. The Balaban J connectivity index is 1.37. The lowest BCUT2D eigenvalue weighted by atomic mass is 9.83. The molecule has 3 aromatic rings. The van der Waals surface area contributed by atoms with E-state index in [1.807, 2.05) is 0 Å². The quantitative estimate of drug-likeness (QED) is 0.225. The zero-order chi connectivity index (χ0) is 35.2. The fourth-order valence-corrected chi connectivity index (χ4v) is 7.18. The standard InChI is InChI=1S/C33H32F4N2O8S/c1-32(2,31(42)43)47-21-11-9-17(10-12-21)23-15-24(26(46-3)16-25(23)34)29(40)39-28-19-8-7-18(13-19)27(28)30(41)38-20-5-4-6-22(14-20)48(44,45)33(35,36)37/h4-6,9-12,14-16,18-19,27-28H,7-8,13H2,1-3H3,(H,38,41)(H,39,40)(H,42,43). The summed E-state index contributed by atoms with van der Waals surface area (Å²) in [4.78, 5) is 37.6. The second-order valence-electron chi connectivity index (χ2n) is 12.3. The van der Waals surface area contributed by atoms with Crippen LogP contribution in [0.1, 0.15) is 43.5 Å². The van der Waals surface area contributed by atoms with E-state index >= 15 is 4.39 Å². The van der Waals surface area contributed by atoms with E-state index in [4.69, 9.17) is 9.47 Å². The number of carbonyl (C=O) groups excluding carboxylic acids is 2. The van der Waals surface area contributed by atoms with Gasteiger partial charge in [0.2, 0.25) is 5.91 Å². The van der Waals surface area contributed by atoms with Crippen molar-refractivity contribution in [3.05, 3.63) is 72.0 Å². The number of hydrogen-bond acceptors (Lipinski definition) is 7.